The van der Waals surface area contributed by atoms with Crippen molar-refractivity contribution in [2.45, 2.75) is 0 Å². The van der Waals surface area contributed by atoms with Crippen LogP contribution in [0.15, 0.2) is 158 Å². The van der Waals surface area contributed by atoms with Crippen molar-refractivity contribution < 1.29 is 0 Å². The summed E-state index contributed by atoms with van der Waals surface area (Å²) in [5.41, 5.74) is 10.4. The molecule has 0 saturated heterocycles. The maximum atomic E-state index is 5.39. The first-order valence-electron chi connectivity index (χ1n) is 15.1. The van der Waals surface area contributed by atoms with E-state index in [2.05, 4.69) is 143 Å². The lowest BCUT2D eigenvalue weighted by Gasteiger charge is -2.13. The molecule has 0 unspecified atom stereocenters. The van der Waals surface area contributed by atoms with Crippen molar-refractivity contribution in [3.63, 3.8) is 0 Å². The second-order valence-corrected chi connectivity index (χ2v) is 11.3. The SMILES string of the molecule is c1ccc(-c2nc3c4c(-c5ccc(-c6ccc7ncccc7c6)cc5)nc5ccccc5c4ccc3n2-c2ccccc2)cc1. The Balaban J connectivity index is 1.31. The van der Waals surface area contributed by atoms with E-state index < -0.39 is 0 Å². The number of imidazole rings is 1. The van der Waals surface area contributed by atoms with Crippen molar-refractivity contribution in [1.82, 2.24) is 19.5 Å². The average molecular weight is 575 g/mol. The van der Waals surface area contributed by atoms with Crippen LogP contribution in [0.1, 0.15) is 0 Å². The highest BCUT2D eigenvalue weighted by Gasteiger charge is 2.20. The Morgan fingerprint density at radius 1 is 0.467 bits per heavy atom. The van der Waals surface area contributed by atoms with Crippen LogP contribution in [-0.4, -0.2) is 19.5 Å². The van der Waals surface area contributed by atoms with Gasteiger partial charge in [0.15, 0.2) is 0 Å². The molecule has 0 amide bonds. The van der Waals surface area contributed by atoms with E-state index in [1.807, 2.05) is 24.4 Å². The van der Waals surface area contributed by atoms with Gasteiger partial charge in [-0.25, -0.2) is 9.97 Å². The second kappa shape index (κ2) is 10.2. The third-order valence-corrected chi connectivity index (χ3v) is 8.63. The first-order chi connectivity index (χ1) is 22.3. The molecule has 0 saturated carbocycles. The molecule has 0 atom stereocenters. The predicted octanol–water partition coefficient (Wildman–Crippen LogP) is 10.3. The molecule has 0 N–H and O–H groups in total. The lowest BCUT2D eigenvalue weighted by atomic mass is 9.96. The number of pyridine rings is 2. The lowest BCUT2D eigenvalue weighted by Crippen LogP contribution is -1.97. The summed E-state index contributed by atoms with van der Waals surface area (Å²) in [6, 6.07) is 53.0. The molecule has 4 heteroatoms. The van der Waals surface area contributed by atoms with E-state index in [9.17, 15) is 0 Å². The molecule has 0 radical (unpaired) electrons. The molecule has 0 aliphatic heterocycles. The number of aromatic nitrogens is 4. The van der Waals surface area contributed by atoms with Gasteiger partial charge in [-0.1, -0.05) is 109 Å². The molecule has 6 aromatic carbocycles. The number of rotatable bonds is 4. The first-order valence-corrected chi connectivity index (χ1v) is 15.1. The van der Waals surface area contributed by atoms with Crippen molar-refractivity contribution in [2.75, 3.05) is 0 Å². The molecule has 9 rings (SSSR count). The fourth-order valence-electron chi connectivity index (χ4n) is 6.49. The van der Waals surface area contributed by atoms with Crippen LogP contribution < -0.4 is 0 Å². The van der Waals surface area contributed by atoms with Gasteiger partial charge in [0, 0.05) is 39.2 Å². The number of fused-ring (bicyclic) bond motifs is 6. The normalized spacial score (nSPS) is 11.6. The van der Waals surface area contributed by atoms with Gasteiger partial charge in [0.05, 0.1) is 27.8 Å². The largest absolute Gasteiger partial charge is 0.292 e. The first kappa shape index (κ1) is 25.4. The summed E-state index contributed by atoms with van der Waals surface area (Å²) in [5, 5.41) is 4.45. The van der Waals surface area contributed by atoms with E-state index in [4.69, 9.17) is 9.97 Å². The standard InChI is InChI=1S/C41H26N4/c1-3-10-29(11-4-1)41-44-40-37(45(41)32-13-5-2-6-14-32)24-22-34-33-15-7-8-16-36(33)43-39(38(34)40)28-19-17-27(18-20-28)30-21-23-35-31(26-30)12-9-25-42-35/h1-26H. The van der Waals surface area contributed by atoms with Crippen LogP contribution in [0, 0.1) is 0 Å². The van der Waals surface area contributed by atoms with Gasteiger partial charge in [-0.2, -0.15) is 0 Å². The zero-order valence-electron chi connectivity index (χ0n) is 24.3. The Labute approximate surface area is 259 Å². The van der Waals surface area contributed by atoms with Gasteiger partial charge in [0.1, 0.15) is 5.82 Å². The minimum absolute atomic E-state index is 0.907. The third-order valence-electron chi connectivity index (χ3n) is 8.63. The van der Waals surface area contributed by atoms with Crippen LogP contribution >= 0.6 is 0 Å². The molecule has 9 aromatic rings. The van der Waals surface area contributed by atoms with E-state index in [0.29, 0.717) is 0 Å². The third kappa shape index (κ3) is 4.19. The molecular weight excluding hydrogens is 548 g/mol. The Morgan fingerprint density at radius 3 is 2.04 bits per heavy atom. The Morgan fingerprint density at radius 2 is 1.20 bits per heavy atom. The van der Waals surface area contributed by atoms with Gasteiger partial charge < -0.3 is 0 Å². The van der Waals surface area contributed by atoms with Crippen LogP contribution in [0.2, 0.25) is 0 Å². The van der Waals surface area contributed by atoms with Crippen molar-refractivity contribution in [1.29, 1.82) is 0 Å². The molecule has 4 nitrogen and oxygen atoms in total. The number of hydrogen-bond donors (Lipinski definition) is 0. The average Bonchev–Trinajstić information content (AvgIpc) is 3.52. The molecule has 3 aromatic heterocycles. The molecular formula is C41H26N4. The number of para-hydroxylation sites is 2. The van der Waals surface area contributed by atoms with Gasteiger partial charge in [-0.3, -0.25) is 9.55 Å². The summed E-state index contributed by atoms with van der Waals surface area (Å²) in [5.74, 6) is 0.907. The lowest BCUT2D eigenvalue weighted by molar-refractivity contribution is 1.10. The molecule has 0 aliphatic carbocycles. The maximum Gasteiger partial charge on any atom is 0.145 e. The minimum atomic E-state index is 0.907. The molecule has 0 aliphatic rings. The molecule has 0 bridgehead atoms. The summed E-state index contributed by atoms with van der Waals surface area (Å²) >= 11 is 0. The summed E-state index contributed by atoms with van der Waals surface area (Å²) in [6.07, 6.45) is 1.83. The van der Waals surface area contributed by atoms with Crippen molar-refractivity contribution >= 4 is 43.6 Å². The van der Waals surface area contributed by atoms with Crippen LogP contribution in [0.25, 0.3) is 83.1 Å². The van der Waals surface area contributed by atoms with Crippen molar-refractivity contribution in [2.24, 2.45) is 0 Å². The molecule has 210 valence electrons. The van der Waals surface area contributed by atoms with Crippen LogP contribution in [0.4, 0.5) is 0 Å². The Kier molecular flexibility index (Phi) is 5.78. The van der Waals surface area contributed by atoms with Crippen molar-refractivity contribution in [3.05, 3.63) is 158 Å². The number of hydrogen-bond acceptors (Lipinski definition) is 3. The van der Waals surface area contributed by atoms with E-state index in [1.54, 1.807) is 0 Å². The van der Waals surface area contributed by atoms with Gasteiger partial charge in [-0.15, -0.1) is 0 Å². The molecule has 45 heavy (non-hydrogen) atoms. The van der Waals surface area contributed by atoms with Crippen LogP contribution in [0.5, 0.6) is 0 Å². The van der Waals surface area contributed by atoms with Gasteiger partial charge in [0.2, 0.25) is 0 Å². The van der Waals surface area contributed by atoms with E-state index in [0.717, 1.165) is 83.1 Å². The van der Waals surface area contributed by atoms with Gasteiger partial charge in [0.25, 0.3) is 0 Å². The smallest absolute Gasteiger partial charge is 0.145 e. The predicted molar refractivity (Wildman–Crippen MR) is 185 cm³/mol. The summed E-state index contributed by atoms with van der Waals surface area (Å²) in [4.78, 5) is 15.2. The fraction of sp³-hybridized carbons (Fsp3) is 0. The summed E-state index contributed by atoms with van der Waals surface area (Å²) < 4.78 is 2.26. The van der Waals surface area contributed by atoms with Gasteiger partial charge >= 0.3 is 0 Å². The number of nitrogens with zero attached hydrogens (tertiary/aromatic N) is 4. The highest BCUT2D eigenvalue weighted by atomic mass is 15.1. The monoisotopic (exact) mass is 574 g/mol. The summed E-state index contributed by atoms with van der Waals surface area (Å²) in [7, 11) is 0. The summed E-state index contributed by atoms with van der Waals surface area (Å²) in [6.45, 7) is 0. The van der Waals surface area contributed by atoms with Crippen LogP contribution in [-0.2, 0) is 0 Å². The van der Waals surface area contributed by atoms with Gasteiger partial charge in [-0.05, 0) is 59.0 Å². The van der Waals surface area contributed by atoms with E-state index in [-0.39, 0.29) is 0 Å². The Hall–Kier alpha value is -6.13. The van der Waals surface area contributed by atoms with E-state index in [1.165, 1.54) is 0 Å². The Bertz CT molecular complexity index is 2520. The molecule has 3 heterocycles. The number of benzene rings is 6. The maximum absolute atomic E-state index is 5.39. The zero-order valence-corrected chi connectivity index (χ0v) is 24.3. The quantitative estimate of drug-likeness (QED) is 0.196. The molecule has 0 spiro atoms. The van der Waals surface area contributed by atoms with E-state index >= 15 is 0 Å². The zero-order chi connectivity index (χ0) is 29.7. The van der Waals surface area contributed by atoms with Crippen molar-refractivity contribution in [3.8, 4) is 39.5 Å². The fourth-order valence-corrected chi connectivity index (χ4v) is 6.49. The highest BCUT2D eigenvalue weighted by molar-refractivity contribution is 6.20. The highest BCUT2D eigenvalue weighted by Crippen LogP contribution is 2.40. The topological polar surface area (TPSA) is 43.6 Å². The molecule has 0 fully saturated rings. The second-order valence-electron chi connectivity index (χ2n) is 11.3. The minimum Gasteiger partial charge on any atom is -0.292 e. The van der Waals surface area contributed by atoms with Crippen LogP contribution in [0.3, 0.4) is 0 Å².